The van der Waals surface area contributed by atoms with E-state index in [1.807, 2.05) is 49.7 Å². The van der Waals surface area contributed by atoms with E-state index in [-0.39, 0.29) is 12.6 Å². The Bertz CT molecular complexity index is 1310. The summed E-state index contributed by atoms with van der Waals surface area (Å²) in [6.45, 7) is 8.66. The van der Waals surface area contributed by atoms with E-state index in [9.17, 15) is 4.79 Å². The number of carbonyl (C=O) groups is 1. The number of nitrogens with one attached hydrogen (secondary N) is 1. The summed E-state index contributed by atoms with van der Waals surface area (Å²) in [5, 5.41) is 12.4. The highest BCUT2D eigenvalue weighted by atomic mass is 35.5. The molecule has 4 aromatic rings. The second-order valence-corrected chi connectivity index (χ2v) is 8.44. The number of carbonyl (C=O) groups excluding carboxylic acids is 1. The highest BCUT2D eigenvalue weighted by Crippen LogP contribution is 2.25. The van der Waals surface area contributed by atoms with Gasteiger partial charge in [-0.25, -0.2) is 4.68 Å². The molecule has 0 aliphatic rings. The van der Waals surface area contributed by atoms with Crippen molar-refractivity contribution in [1.82, 2.24) is 19.6 Å². The zero-order valence-electron chi connectivity index (χ0n) is 19.1. The molecule has 0 bridgehead atoms. The summed E-state index contributed by atoms with van der Waals surface area (Å²) in [5.74, 6) is 0.273. The maximum absolute atomic E-state index is 12.8. The summed E-state index contributed by atoms with van der Waals surface area (Å²) < 4.78 is 9.20. The van der Waals surface area contributed by atoms with E-state index in [0.717, 1.165) is 17.0 Å². The van der Waals surface area contributed by atoms with Crippen molar-refractivity contribution in [3.8, 4) is 5.75 Å². The fourth-order valence-corrected chi connectivity index (χ4v) is 3.74. The molecule has 8 heteroatoms. The first-order chi connectivity index (χ1) is 15.8. The van der Waals surface area contributed by atoms with E-state index in [0.29, 0.717) is 28.7 Å². The second kappa shape index (κ2) is 9.50. The van der Waals surface area contributed by atoms with Crippen LogP contribution in [0.25, 0.3) is 0 Å². The van der Waals surface area contributed by atoms with Crippen LogP contribution >= 0.6 is 11.6 Å². The summed E-state index contributed by atoms with van der Waals surface area (Å²) in [6, 6.07) is 15.4. The third-order valence-electron chi connectivity index (χ3n) is 5.51. The summed E-state index contributed by atoms with van der Waals surface area (Å²) in [7, 11) is 0. The molecular weight excluding hydrogens is 438 g/mol. The predicted octanol–water partition coefficient (Wildman–Crippen LogP) is 5.30. The van der Waals surface area contributed by atoms with Gasteiger partial charge in [0.15, 0.2) is 12.4 Å². The van der Waals surface area contributed by atoms with Crippen LogP contribution in [0.15, 0.2) is 54.7 Å². The van der Waals surface area contributed by atoms with Crippen LogP contribution in [0, 0.1) is 27.7 Å². The molecule has 0 aliphatic carbocycles. The fraction of sp³-hybridized carbons (Fsp3) is 0.240. The largest absolute Gasteiger partial charge is 0.470 e. The Labute approximate surface area is 197 Å². The molecule has 170 valence electrons. The van der Waals surface area contributed by atoms with Crippen LogP contribution in [0.5, 0.6) is 5.75 Å². The van der Waals surface area contributed by atoms with Gasteiger partial charge in [0, 0.05) is 6.20 Å². The van der Waals surface area contributed by atoms with Gasteiger partial charge in [0.05, 0.1) is 28.6 Å². The third kappa shape index (κ3) is 5.09. The highest BCUT2D eigenvalue weighted by molar-refractivity contribution is 6.32. The average Bonchev–Trinajstić information content (AvgIpc) is 3.36. The number of aryl methyl sites for hydroxylation is 3. The van der Waals surface area contributed by atoms with E-state index < -0.39 is 0 Å². The van der Waals surface area contributed by atoms with Crippen molar-refractivity contribution in [1.29, 1.82) is 0 Å². The monoisotopic (exact) mass is 463 g/mol. The molecule has 0 aliphatic heterocycles. The standard InChI is InChI=1S/C25H26ClN5O2/c1-16-9-10-21(26)23(13-16)33-15-30-12-11-22(29-30)25(32)27-24-18(3)28-31(19(24)4)14-20-8-6-5-7-17(20)2/h5-13H,14-15H2,1-4H3,(H,27,32). The first-order valence-corrected chi connectivity index (χ1v) is 11.0. The molecule has 2 aromatic heterocycles. The van der Waals surface area contributed by atoms with Crippen LogP contribution in [0.3, 0.4) is 0 Å². The number of benzene rings is 2. The van der Waals surface area contributed by atoms with Gasteiger partial charge in [-0.1, -0.05) is 41.9 Å². The number of hydrogen-bond acceptors (Lipinski definition) is 4. The van der Waals surface area contributed by atoms with Crippen molar-refractivity contribution in [3.63, 3.8) is 0 Å². The smallest absolute Gasteiger partial charge is 0.276 e. The molecule has 0 spiro atoms. The van der Waals surface area contributed by atoms with Gasteiger partial charge < -0.3 is 10.1 Å². The first kappa shape index (κ1) is 22.6. The number of rotatable bonds is 7. The quantitative estimate of drug-likeness (QED) is 0.403. The molecule has 33 heavy (non-hydrogen) atoms. The van der Waals surface area contributed by atoms with E-state index in [4.69, 9.17) is 16.3 Å². The molecule has 1 amide bonds. The number of ether oxygens (including phenoxy) is 1. The summed E-state index contributed by atoms with van der Waals surface area (Å²) >= 11 is 6.17. The lowest BCUT2D eigenvalue weighted by atomic mass is 10.1. The summed E-state index contributed by atoms with van der Waals surface area (Å²) in [6.07, 6.45) is 1.69. The molecule has 1 N–H and O–H groups in total. The normalized spacial score (nSPS) is 10.9. The van der Waals surface area contributed by atoms with Gasteiger partial charge in [0.1, 0.15) is 5.75 Å². The number of aromatic nitrogens is 4. The number of amides is 1. The molecule has 4 rings (SSSR count). The Morgan fingerprint density at radius 3 is 2.64 bits per heavy atom. The maximum atomic E-state index is 12.8. The van der Waals surface area contributed by atoms with Crippen LogP contribution < -0.4 is 10.1 Å². The molecule has 0 atom stereocenters. The van der Waals surface area contributed by atoms with Gasteiger partial charge in [-0.3, -0.25) is 9.48 Å². The van der Waals surface area contributed by atoms with Gasteiger partial charge in [-0.2, -0.15) is 10.2 Å². The Kier molecular flexibility index (Phi) is 6.51. The zero-order valence-corrected chi connectivity index (χ0v) is 19.8. The number of halogens is 1. The average molecular weight is 464 g/mol. The SMILES string of the molecule is Cc1ccc(Cl)c(OCn2ccc(C(=O)Nc3c(C)nn(Cc4ccccc4C)c3C)n2)c1. The van der Waals surface area contributed by atoms with Crippen LogP contribution in [0.2, 0.25) is 5.02 Å². The molecule has 2 aromatic carbocycles. The molecule has 0 fully saturated rings. The summed E-state index contributed by atoms with van der Waals surface area (Å²) in [4.78, 5) is 12.8. The van der Waals surface area contributed by atoms with E-state index in [2.05, 4.69) is 34.6 Å². The Morgan fingerprint density at radius 2 is 1.85 bits per heavy atom. The van der Waals surface area contributed by atoms with Crippen molar-refractivity contribution in [2.45, 2.75) is 41.0 Å². The fourth-order valence-electron chi connectivity index (χ4n) is 3.57. The zero-order chi connectivity index (χ0) is 23.5. The van der Waals surface area contributed by atoms with Crippen molar-refractivity contribution >= 4 is 23.2 Å². The molecule has 7 nitrogen and oxygen atoms in total. The first-order valence-electron chi connectivity index (χ1n) is 10.6. The van der Waals surface area contributed by atoms with Crippen molar-refractivity contribution in [2.24, 2.45) is 0 Å². The minimum atomic E-state index is -0.302. The van der Waals surface area contributed by atoms with Crippen molar-refractivity contribution in [3.05, 3.63) is 93.5 Å². The van der Waals surface area contributed by atoms with Gasteiger partial charge in [0.25, 0.3) is 5.91 Å². The topological polar surface area (TPSA) is 74.0 Å². The van der Waals surface area contributed by atoms with Gasteiger partial charge in [-0.15, -0.1) is 0 Å². The Morgan fingerprint density at radius 1 is 1.06 bits per heavy atom. The van der Waals surface area contributed by atoms with Crippen LogP contribution in [0.1, 0.15) is 38.6 Å². The lowest BCUT2D eigenvalue weighted by molar-refractivity contribution is 0.102. The Balaban J connectivity index is 1.44. The number of hydrogen-bond donors (Lipinski definition) is 1. The number of nitrogens with zero attached hydrogens (tertiary/aromatic N) is 4. The Hall–Kier alpha value is -3.58. The molecular formula is C25H26ClN5O2. The van der Waals surface area contributed by atoms with Crippen LogP contribution in [-0.2, 0) is 13.3 Å². The van der Waals surface area contributed by atoms with E-state index >= 15 is 0 Å². The number of anilines is 1. The van der Waals surface area contributed by atoms with Crippen LogP contribution in [0.4, 0.5) is 5.69 Å². The lowest BCUT2D eigenvalue weighted by Gasteiger charge is -2.09. The van der Waals surface area contributed by atoms with Crippen molar-refractivity contribution in [2.75, 3.05) is 5.32 Å². The van der Waals surface area contributed by atoms with Crippen molar-refractivity contribution < 1.29 is 9.53 Å². The second-order valence-electron chi connectivity index (χ2n) is 8.03. The lowest BCUT2D eigenvalue weighted by Crippen LogP contribution is -2.15. The highest BCUT2D eigenvalue weighted by Gasteiger charge is 2.17. The van der Waals surface area contributed by atoms with E-state index in [1.165, 1.54) is 11.1 Å². The minimum absolute atomic E-state index is 0.142. The van der Waals surface area contributed by atoms with Gasteiger partial charge >= 0.3 is 0 Å². The molecule has 0 saturated heterocycles. The van der Waals surface area contributed by atoms with Gasteiger partial charge in [-0.05, 0) is 62.6 Å². The molecule has 0 radical (unpaired) electrons. The molecule has 0 saturated carbocycles. The molecule has 0 unspecified atom stereocenters. The molecule has 2 heterocycles. The summed E-state index contributed by atoms with van der Waals surface area (Å²) in [5.41, 5.74) is 6.07. The third-order valence-corrected chi connectivity index (χ3v) is 5.83. The van der Waals surface area contributed by atoms with Crippen LogP contribution in [-0.4, -0.2) is 25.5 Å². The van der Waals surface area contributed by atoms with E-state index in [1.54, 1.807) is 23.0 Å². The minimum Gasteiger partial charge on any atom is -0.470 e. The predicted molar refractivity (Wildman–Crippen MR) is 129 cm³/mol. The van der Waals surface area contributed by atoms with Gasteiger partial charge in [0.2, 0.25) is 0 Å². The maximum Gasteiger partial charge on any atom is 0.276 e.